The summed E-state index contributed by atoms with van der Waals surface area (Å²) in [6, 6.07) is 6.57. The fourth-order valence-corrected chi connectivity index (χ4v) is 2.82. The number of aromatic nitrogens is 1. The maximum atomic E-state index is 6.10. The second-order valence-electron chi connectivity index (χ2n) is 4.65. The summed E-state index contributed by atoms with van der Waals surface area (Å²) >= 11 is 7.81. The van der Waals surface area contributed by atoms with Gasteiger partial charge in [0.2, 0.25) is 0 Å². The summed E-state index contributed by atoms with van der Waals surface area (Å²) < 4.78 is 0. The van der Waals surface area contributed by atoms with Gasteiger partial charge >= 0.3 is 0 Å². The summed E-state index contributed by atoms with van der Waals surface area (Å²) in [4.78, 5) is 4.38. The van der Waals surface area contributed by atoms with E-state index >= 15 is 0 Å². The van der Waals surface area contributed by atoms with Crippen LogP contribution in [0.15, 0.2) is 29.8 Å². The predicted octanol–water partition coefficient (Wildman–Crippen LogP) is 4.39. The first kappa shape index (κ1) is 14.5. The van der Waals surface area contributed by atoms with Crippen LogP contribution in [0.5, 0.6) is 0 Å². The van der Waals surface area contributed by atoms with Crippen molar-refractivity contribution in [3.63, 3.8) is 0 Å². The third-order valence-electron chi connectivity index (χ3n) is 3.09. The molecular weight excluding hydrogens is 276 g/mol. The second kappa shape index (κ2) is 7.04. The van der Waals surface area contributed by atoms with Crippen LogP contribution in [-0.4, -0.2) is 11.5 Å². The molecule has 0 spiro atoms. The van der Waals surface area contributed by atoms with Crippen LogP contribution in [0.2, 0.25) is 5.02 Å². The van der Waals surface area contributed by atoms with E-state index in [9.17, 15) is 0 Å². The highest BCUT2D eigenvalue weighted by molar-refractivity contribution is 7.09. The van der Waals surface area contributed by atoms with Crippen molar-refractivity contribution in [1.82, 2.24) is 10.3 Å². The minimum absolute atomic E-state index is 0.307. The van der Waals surface area contributed by atoms with Crippen molar-refractivity contribution < 1.29 is 0 Å². The monoisotopic (exact) mass is 294 g/mol. The van der Waals surface area contributed by atoms with Crippen molar-refractivity contribution in [2.24, 2.45) is 0 Å². The number of halogens is 1. The van der Waals surface area contributed by atoms with Crippen LogP contribution in [0.1, 0.15) is 35.5 Å². The molecule has 0 aliphatic rings. The molecule has 0 aliphatic heterocycles. The Balaban J connectivity index is 2.18. The van der Waals surface area contributed by atoms with Crippen molar-refractivity contribution >= 4 is 22.9 Å². The van der Waals surface area contributed by atoms with E-state index in [1.165, 1.54) is 10.6 Å². The molecule has 1 unspecified atom stereocenters. The molecule has 2 nitrogen and oxygen atoms in total. The number of nitrogens with one attached hydrogen (secondary N) is 1. The number of rotatable bonds is 6. The normalized spacial score (nSPS) is 12.6. The fourth-order valence-electron chi connectivity index (χ4n) is 2.04. The standard InChI is InChI=1S/C15H19ClN2S/c1-3-6-17-14(10-15-18-7-8-19-15)12-4-5-13(16)11(2)9-12/h4-5,7-9,14,17H,3,6,10H2,1-2H3. The van der Waals surface area contributed by atoms with Gasteiger partial charge in [0.25, 0.3) is 0 Å². The maximum absolute atomic E-state index is 6.10. The molecule has 0 radical (unpaired) electrons. The number of aryl methyl sites for hydroxylation is 1. The molecule has 1 aromatic heterocycles. The summed E-state index contributed by atoms with van der Waals surface area (Å²) in [5, 5.41) is 7.62. The minimum Gasteiger partial charge on any atom is -0.310 e. The Labute approximate surface area is 123 Å². The van der Waals surface area contributed by atoms with Crippen LogP contribution in [0.25, 0.3) is 0 Å². The zero-order chi connectivity index (χ0) is 13.7. The van der Waals surface area contributed by atoms with Crippen molar-refractivity contribution in [1.29, 1.82) is 0 Å². The average Bonchev–Trinajstić information content (AvgIpc) is 2.91. The molecule has 102 valence electrons. The van der Waals surface area contributed by atoms with E-state index in [2.05, 4.69) is 29.4 Å². The Bertz CT molecular complexity index is 511. The third kappa shape index (κ3) is 4.03. The van der Waals surface area contributed by atoms with Gasteiger partial charge in [0.05, 0.1) is 5.01 Å². The van der Waals surface area contributed by atoms with Gasteiger partial charge in [0.15, 0.2) is 0 Å². The van der Waals surface area contributed by atoms with E-state index in [1.54, 1.807) is 11.3 Å². The number of hydrogen-bond acceptors (Lipinski definition) is 3. The fraction of sp³-hybridized carbons (Fsp3) is 0.400. The summed E-state index contributed by atoms with van der Waals surface area (Å²) in [5.41, 5.74) is 2.41. The van der Waals surface area contributed by atoms with Crippen molar-refractivity contribution in [2.75, 3.05) is 6.54 Å². The first-order chi connectivity index (χ1) is 9.20. The third-order valence-corrected chi connectivity index (χ3v) is 4.31. The lowest BCUT2D eigenvalue weighted by Gasteiger charge is -2.18. The number of benzene rings is 1. The highest BCUT2D eigenvalue weighted by Gasteiger charge is 2.13. The van der Waals surface area contributed by atoms with Gasteiger partial charge in [0, 0.05) is 29.1 Å². The molecule has 0 amide bonds. The Morgan fingerprint density at radius 3 is 2.89 bits per heavy atom. The lowest BCUT2D eigenvalue weighted by atomic mass is 10.0. The molecule has 19 heavy (non-hydrogen) atoms. The Hall–Kier alpha value is -0.900. The van der Waals surface area contributed by atoms with Crippen LogP contribution in [0.4, 0.5) is 0 Å². The molecule has 0 fully saturated rings. The second-order valence-corrected chi connectivity index (χ2v) is 6.03. The van der Waals surface area contributed by atoms with E-state index in [1.807, 2.05) is 24.6 Å². The molecule has 0 saturated heterocycles. The molecule has 0 aliphatic carbocycles. The lowest BCUT2D eigenvalue weighted by Crippen LogP contribution is -2.24. The van der Waals surface area contributed by atoms with E-state index < -0.39 is 0 Å². The van der Waals surface area contributed by atoms with Crippen molar-refractivity contribution in [2.45, 2.75) is 32.7 Å². The summed E-state index contributed by atoms with van der Waals surface area (Å²) in [5.74, 6) is 0. The Kier molecular flexibility index (Phi) is 5.37. The van der Waals surface area contributed by atoms with Gasteiger partial charge in [0.1, 0.15) is 0 Å². The highest BCUT2D eigenvalue weighted by Crippen LogP contribution is 2.24. The van der Waals surface area contributed by atoms with Crippen LogP contribution in [0, 0.1) is 6.92 Å². The van der Waals surface area contributed by atoms with Gasteiger partial charge in [-0.05, 0) is 37.1 Å². The number of hydrogen-bond donors (Lipinski definition) is 1. The van der Waals surface area contributed by atoms with Crippen LogP contribution in [-0.2, 0) is 6.42 Å². The van der Waals surface area contributed by atoms with Gasteiger partial charge in [-0.3, -0.25) is 0 Å². The molecule has 0 bridgehead atoms. The Morgan fingerprint density at radius 2 is 2.26 bits per heavy atom. The molecule has 2 aromatic rings. The Morgan fingerprint density at radius 1 is 1.42 bits per heavy atom. The maximum Gasteiger partial charge on any atom is 0.0943 e. The molecule has 1 aromatic carbocycles. The molecular formula is C15H19ClN2S. The van der Waals surface area contributed by atoms with Crippen LogP contribution in [0.3, 0.4) is 0 Å². The largest absolute Gasteiger partial charge is 0.310 e. The van der Waals surface area contributed by atoms with E-state index in [4.69, 9.17) is 11.6 Å². The molecule has 1 atom stereocenters. The van der Waals surface area contributed by atoms with Crippen molar-refractivity contribution in [3.05, 3.63) is 50.9 Å². The number of thiazole rings is 1. The van der Waals surface area contributed by atoms with Gasteiger partial charge < -0.3 is 5.32 Å². The van der Waals surface area contributed by atoms with Gasteiger partial charge in [-0.2, -0.15) is 0 Å². The van der Waals surface area contributed by atoms with Crippen LogP contribution < -0.4 is 5.32 Å². The van der Waals surface area contributed by atoms with E-state index in [0.29, 0.717) is 6.04 Å². The summed E-state index contributed by atoms with van der Waals surface area (Å²) in [6.07, 6.45) is 3.92. The molecule has 1 N–H and O–H groups in total. The molecule has 1 heterocycles. The van der Waals surface area contributed by atoms with Gasteiger partial charge in [-0.15, -0.1) is 11.3 Å². The van der Waals surface area contributed by atoms with E-state index in [0.717, 1.165) is 30.0 Å². The lowest BCUT2D eigenvalue weighted by molar-refractivity contribution is 0.528. The SMILES string of the molecule is CCCNC(Cc1nccs1)c1ccc(Cl)c(C)c1. The zero-order valence-corrected chi connectivity index (χ0v) is 12.9. The summed E-state index contributed by atoms with van der Waals surface area (Å²) in [6.45, 7) is 5.24. The summed E-state index contributed by atoms with van der Waals surface area (Å²) in [7, 11) is 0. The number of nitrogens with zero attached hydrogens (tertiary/aromatic N) is 1. The molecule has 2 rings (SSSR count). The van der Waals surface area contributed by atoms with Gasteiger partial charge in [-0.25, -0.2) is 4.98 Å². The minimum atomic E-state index is 0.307. The zero-order valence-electron chi connectivity index (χ0n) is 11.3. The highest BCUT2D eigenvalue weighted by atomic mass is 35.5. The topological polar surface area (TPSA) is 24.9 Å². The van der Waals surface area contributed by atoms with Gasteiger partial charge in [-0.1, -0.05) is 30.7 Å². The van der Waals surface area contributed by atoms with Crippen molar-refractivity contribution in [3.8, 4) is 0 Å². The predicted molar refractivity (Wildman–Crippen MR) is 83.0 cm³/mol. The van der Waals surface area contributed by atoms with Crippen LogP contribution >= 0.6 is 22.9 Å². The smallest absolute Gasteiger partial charge is 0.0943 e. The molecule has 4 heteroatoms. The quantitative estimate of drug-likeness (QED) is 0.855. The van der Waals surface area contributed by atoms with E-state index in [-0.39, 0.29) is 0 Å². The first-order valence-corrected chi connectivity index (χ1v) is 7.84. The first-order valence-electron chi connectivity index (χ1n) is 6.58. The average molecular weight is 295 g/mol. The molecule has 0 saturated carbocycles.